The number of hydrogen-bond acceptors (Lipinski definition) is 1. The maximum absolute atomic E-state index is 4.09. The molecule has 0 spiro atoms. The third-order valence-electron chi connectivity index (χ3n) is 1.38. The van der Waals surface area contributed by atoms with E-state index >= 15 is 0 Å². The van der Waals surface area contributed by atoms with Crippen molar-refractivity contribution in [3.63, 3.8) is 0 Å². The van der Waals surface area contributed by atoms with Gasteiger partial charge in [0.2, 0.25) is 0 Å². The Labute approximate surface area is 66.6 Å². The normalized spacial score (nSPS) is 10.5. The van der Waals surface area contributed by atoms with Crippen molar-refractivity contribution < 1.29 is 0 Å². The monoisotopic (exact) mass is 196 g/mol. The number of pyridine rings is 1. The second-order valence-corrected chi connectivity index (χ2v) is 2.83. The molecule has 0 aliphatic heterocycles. The van der Waals surface area contributed by atoms with Gasteiger partial charge in [0.05, 0.1) is 11.7 Å². The fourth-order valence-corrected chi connectivity index (χ4v) is 1.36. The van der Waals surface area contributed by atoms with Crippen molar-refractivity contribution in [2.45, 2.75) is 0 Å². The van der Waals surface area contributed by atoms with Crippen LogP contribution in [0.15, 0.2) is 35.1 Å². The van der Waals surface area contributed by atoms with E-state index in [-0.39, 0.29) is 0 Å². The van der Waals surface area contributed by atoms with Crippen LogP contribution in [0.2, 0.25) is 0 Å². The van der Waals surface area contributed by atoms with Crippen molar-refractivity contribution in [3.8, 4) is 0 Å². The quantitative estimate of drug-likeness (QED) is 0.591. The van der Waals surface area contributed by atoms with Crippen LogP contribution in [0, 0.1) is 0 Å². The number of halogens is 1. The van der Waals surface area contributed by atoms with Crippen LogP contribution in [0.3, 0.4) is 0 Å². The van der Waals surface area contributed by atoms with Crippen molar-refractivity contribution in [3.05, 3.63) is 35.1 Å². The first-order chi connectivity index (χ1) is 4.88. The molecule has 2 nitrogen and oxygen atoms in total. The summed E-state index contributed by atoms with van der Waals surface area (Å²) in [5.74, 6) is 0. The predicted octanol–water partition coefficient (Wildman–Crippen LogP) is 2.10. The van der Waals surface area contributed by atoms with E-state index < -0.39 is 0 Å². The molecule has 50 valence electrons. The fourth-order valence-electron chi connectivity index (χ4n) is 0.915. The number of fused-ring (bicyclic) bond motifs is 1. The van der Waals surface area contributed by atoms with Crippen LogP contribution in [0.4, 0.5) is 0 Å². The highest BCUT2D eigenvalue weighted by Crippen LogP contribution is 2.11. The zero-order chi connectivity index (χ0) is 6.97. The fraction of sp³-hybridized carbons (Fsp3) is 0. The topological polar surface area (TPSA) is 17.3 Å². The molecule has 0 bridgehead atoms. The van der Waals surface area contributed by atoms with Gasteiger partial charge in [0.15, 0.2) is 0 Å². The maximum Gasteiger partial charge on any atom is 0.108 e. The van der Waals surface area contributed by atoms with E-state index in [0.29, 0.717) is 0 Å². The summed E-state index contributed by atoms with van der Waals surface area (Å²) in [6.45, 7) is 0. The van der Waals surface area contributed by atoms with E-state index in [9.17, 15) is 0 Å². The lowest BCUT2D eigenvalue weighted by Crippen LogP contribution is -1.86. The van der Waals surface area contributed by atoms with E-state index in [1.807, 2.05) is 28.8 Å². The molecule has 0 aromatic carbocycles. The van der Waals surface area contributed by atoms with Crippen LogP contribution >= 0.6 is 15.9 Å². The molecule has 0 fully saturated rings. The number of hydrogen-bond donors (Lipinski definition) is 0. The van der Waals surface area contributed by atoms with Gasteiger partial charge < -0.3 is 0 Å². The van der Waals surface area contributed by atoms with Crippen molar-refractivity contribution in [2.75, 3.05) is 0 Å². The van der Waals surface area contributed by atoms with Crippen molar-refractivity contribution in [1.82, 2.24) is 9.61 Å². The van der Waals surface area contributed by atoms with Crippen LogP contribution in [0.25, 0.3) is 5.52 Å². The van der Waals surface area contributed by atoms with Crippen LogP contribution in [0.5, 0.6) is 0 Å². The number of rotatable bonds is 0. The summed E-state index contributed by atoms with van der Waals surface area (Å²) in [6, 6.07) is 7.92. The highest BCUT2D eigenvalue weighted by molar-refractivity contribution is 9.10. The minimum atomic E-state index is 0.981. The van der Waals surface area contributed by atoms with Gasteiger partial charge in [-0.3, -0.25) is 0 Å². The zero-order valence-electron chi connectivity index (χ0n) is 5.16. The predicted molar refractivity (Wildman–Crippen MR) is 42.9 cm³/mol. The standard InChI is InChI=1S/C7H5BrN2/c8-7-3-1-2-6-4-5-9-10(6)7/h1-5H. The minimum absolute atomic E-state index is 0.981. The van der Waals surface area contributed by atoms with Gasteiger partial charge in [-0.05, 0) is 34.1 Å². The molecule has 0 aliphatic carbocycles. The Morgan fingerprint density at radius 1 is 1.30 bits per heavy atom. The third kappa shape index (κ3) is 0.743. The largest absolute Gasteiger partial charge is 0.227 e. The van der Waals surface area contributed by atoms with Gasteiger partial charge >= 0.3 is 0 Å². The molecule has 0 aliphatic rings. The molecule has 3 heteroatoms. The summed E-state index contributed by atoms with van der Waals surface area (Å²) in [6.07, 6.45) is 1.78. The number of aromatic nitrogens is 2. The summed E-state index contributed by atoms with van der Waals surface area (Å²) >= 11 is 3.38. The highest BCUT2D eigenvalue weighted by atomic mass is 79.9. The van der Waals surface area contributed by atoms with Gasteiger partial charge in [0, 0.05) is 0 Å². The lowest BCUT2D eigenvalue weighted by molar-refractivity contribution is 0.935. The van der Waals surface area contributed by atoms with Crippen molar-refractivity contribution >= 4 is 21.4 Å². The first kappa shape index (κ1) is 5.92. The Morgan fingerprint density at radius 3 is 3.00 bits per heavy atom. The van der Waals surface area contributed by atoms with Gasteiger partial charge in [0.1, 0.15) is 4.60 Å². The third-order valence-corrected chi connectivity index (χ3v) is 1.98. The van der Waals surface area contributed by atoms with Crippen LogP contribution in [0.1, 0.15) is 0 Å². The Kier molecular flexibility index (Phi) is 1.24. The van der Waals surface area contributed by atoms with E-state index in [4.69, 9.17) is 0 Å². The van der Waals surface area contributed by atoms with E-state index in [2.05, 4.69) is 21.0 Å². The average Bonchev–Trinajstić information content (AvgIpc) is 2.36. The molecule has 2 aromatic heterocycles. The SMILES string of the molecule is Brc1cccc2ccnn12. The molecule has 0 amide bonds. The van der Waals surface area contributed by atoms with Crippen molar-refractivity contribution in [1.29, 1.82) is 0 Å². The van der Waals surface area contributed by atoms with Gasteiger partial charge in [-0.15, -0.1) is 0 Å². The molecule has 2 aromatic rings. The summed E-state index contributed by atoms with van der Waals surface area (Å²) < 4.78 is 2.81. The Bertz CT molecular complexity index is 353. The molecular weight excluding hydrogens is 192 g/mol. The molecule has 0 unspecified atom stereocenters. The molecule has 0 N–H and O–H groups in total. The lowest BCUT2D eigenvalue weighted by Gasteiger charge is -1.93. The molecule has 0 radical (unpaired) electrons. The Morgan fingerprint density at radius 2 is 2.20 bits per heavy atom. The van der Waals surface area contributed by atoms with Crippen LogP contribution in [-0.2, 0) is 0 Å². The second-order valence-electron chi connectivity index (χ2n) is 2.02. The summed E-state index contributed by atoms with van der Waals surface area (Å²) in [7, 11) is 0. The van der Waals surface area contributed by atoms with Crippen molar-refractivity contribution in [2.24, 2.45) is 0 Å². The molecule has 0 saturated carbocycles. The minimum Gasteiger partial charge on any atom is -0.227 e. The van der Waals surface area contributed by atoms with E-state index in [1.54, 1.807) is 6.20 Å². The van der Waals surface area contributed by atoms with Gasteiger partial charge in [-0.1, -0.05) is 6.07 Å². The van der Waals surface area contributed by atoms with Gasteiger partial charge in [-0.2, -0.15) is 5.10 Å². The average molecular weight is 197 g/mol. The van der Waals surface area contributed by atoms with E-state index in [0.717, 1.165) is 10.1 Å². The zero-order valence-corrected chi connectivity index (χ0v) is 6.75. The first-order valence-electron chi connectivity index (χ1n) is 2.96. The summed E-state index contributed by atoms with van der Waals surface area (Å²) in [5.41, 5.74) is 1.11. The Hall–Kier alpha value is -0.830. The lowest BCUT2D eigenvalue weighted by atomic mass is 10.4. The van der Waals surface area contributed by atoms with Crippen LogP contribution in [-0.4, -0.2) is 9.61 Å². The smallest absolute Gasteiger partial charge is 0.108 e. The first-order valence-corrected chi connectivity index (χ1v) is 3.75. The Balaban J connectivity index is 2.95. The maximum atomic E-state index is 4.09. The van der Waals surface area contributed by atoms with Gasteiger partial charge in [-0.25, -0.2) is 4.52 Å². The molecule has 0 atom stereocenters. The van der Waals surface area contributed by atoms with Crippen LogP contribution < -0.4 is 0 Å². The summed E-state index contributed by atoms with van der Waals surface area (Å²) in [4.78, 5) is 0. The molecule has 2 rings (SSSR count). The molecule has 10 heavy (non-hydrogen) atoms. The van der Waals surface area contributed by atoms with Gasteiger partial charge in [0.25, 0.3) is 0 Å². The molecule has 2 heterocycles. The molecule has 0 saturated heterocycles. The summed E-state index contributed by atoms with van der Waals surface area (Å²) in [5, 5.41) is 4.09. The number of nitrogens with zero attached hydrogens (tertiary/aromatic N) is 2. The molecular formula is C7H5BrN2. The second kappa shape index (κ2) is 2.09. The van der Waals surface area contributed by atoms with E-state index in [1.165, 1.54) is 0 Å². The highest BCUT2D eigenvalue weighted by Gasteiger charge is 1.93.